The third kappa shape index (κ3) is 5.32. The SMILES string of the molecule is CCCC(=O)Nc1ccc(Cl)c(NC(=O)c2ccc(-c3ccc(Cl)c(Cl)c3)o2)c1. The summed E-state index contributed by atoms with van der Waals surface area (Å²) in [5.74, 6) is -0.0115. The zero-order valence-electron chi connectivity index (χ0n) is 15.4. The second-order valence-electron chi connectivity index (χ2n) is 6.24. The van der Waals surface area contributed by atoms with E-state index < -0.39 is 5.91 Å². The van der Waals surface area contributed by atoms with Gasteiger partial charge in [0.2, 0.25) is 5.91 Å². The molecule has 8 heteroatoms. The molecule has 0 fully saturated rings. The number of rotatable bonds is 6. The van der Waals surface area contributed by atoms with E-state index in [2.05, 4.69) is 10.6 Å². The van der Waals surface area contributed by atoms with Crippen molar-refractivity contribution in [2.75, 3.05) is 10.6 Å². The van der Waals surface area contributed by atoms with Crippen molar-refractivity contribution in [3.8, 4) is 11.3 Å². The smallest absolute Gasteiger partial charge is 0.291 e. The molecule has 0 aliphatic carbocycles. The molecule has 29 heavy (non-hydrogen) atoms. The Morgan fingerprint density at radius 2 is 1.66 bits per heavy atom. The summed E-state index contributed by atoms with van der Waals surface area (Å²) < 4.78 is 5.64. The van der Waals surface area contributed by atoms with Crippen LogP contribution in [0.4, 0.5) is 11.4 Å². The van der Waals surface area contributed by atoms with Crippen LogP contribution in [0.15, 0.2) is 52.9 Å². The molecule has 0 bridgehead atoms. The first kappa shape index (κ1) is 21.2. The number of hydrogen-bond donors (Lipinski definition) is 2. The molecule has 0 saturated heterocycles. The van der Waals surface area contributed by atoms with E-state index >= 15 is 0 Å². The fourth-order valence-corrected chi connectivity index (χ4v) is 3.06. The van der Waals surface area contributed by atoms with Gasteiger partial charge in [0.1, 0.15) is 5.76 Å². The number of anilines is 2. The topological polar surface area (TPSA) is 71.3 Å². The Labute approximate surface area is 182 Å². The lowest BCUT2D eigenvalue weighted by Crippen LogP contribution is -2.13. The summed E-state index contributed by atoms with van der Waals surface area (Å²) in [6.07, 6.45) is 1.15. The third-order valence-corrected chi connectivity index (χ3v) is 5.08. The maximum Gasteiger partial charge on any atom is 0.291 e. The number of nitrogens with one attached hydrogen (secondary N) is 2. The normalized spacial score (nSPS) is 10.6. The quantitative estimate of drug-likeness (QED) is 0.428. The van der Waals surface area contributed by atoms with Crippen LogP contribution < -0.4 is 10.6 Å². The molecular formula is C21H17Cl3N2O3. The van der Waals surface area contributed by atoms with Gasteiger partial charge in [-0.2, -0.15) is 0 Å². The molecule has 0 unspecified atom stereocenters. The first-order valence-electron chi connectivity index (χ1n) is 8.83. The summed E-state index contributed by atoms with van der Waals surface area (Å²) in [5, 5.41) is 6.61. The highest BCUT2D eigenvalue weighted by Gasteiger charge is 2.15. The van der Waals surface area contributed by atoms with E-state index in [1.54, 1.807) is 48.5 Å². The standard InChI is InChI=1S/C21H17Cl3N2O3/c1-2-3-20(27)25-13-5-7-15(23)17(11-13)26-21(28)19-9-8-18(29-19)12-4-6-14(22)16(24)10-12/h4-11H,2-3H2,1H3,(H,25,27)(H,26,28). The van der Waals surface area contributed by atoms with Crippen molar-refractivity contribution >= 4 is 58.0 Å². The van der Waals surface area contributed by atoms with Crippen molar-refractivity contribution in [2.24, 2.45) is 0 Å². The van der Waals surface area contributed by atoms with Crippen molar-refractivity contribution in [2.45, 2.75) is 19.8 Å². The molecule has 0 aliphatic rings. The predicted octanol–water partition coefficient (Wildman–Crippen LogP) is 6.90. The molecule has 0 radical (unpaired) electrons. The maximum absolute atomic E-state index is 12.6. The van der Waals surface area contributed by atoms with Crippen LogP contribution in [0.1, 0.15) is 30.3 Å². The van der Waals surface area contributed by atoms with Gasteiger partial charge in [0, 0.05) is 17.7 Å². The fourth-order valence-electron chi connectivity index (χ4n) is 2.60. The van der Waals surface area contributed by atoms with Crippen LogP contribution in [0.5, 0.6) is 0 Å². The minimum atomic E-state index is -0.477. The first-order chi connectivity index (χ1) is 13.9. The van der Waals surface area contributed by atoms with Gasteiger partial charge >= 0.3 is 0 Å². The highest BCUT2D eigenvalue weighted by atomic mass is 35.5. The van der Waals surface area contributed by atoms with Crippen LogP contribution in [0.25, 0.3) is 11.3 Å². The number of furan rings is 1. The summed E-state index contributed by atoms with van der Waals surface area (Å²) in [6, 6.07) is 13.1. The third-order valence-electron chi connectivity index (χ3n) is 4.01. The molecule has 3 rings (SSSR count). The van der Waals surface area contributed by atoms with Gasteiger partial charge in [-0.25, -0.2) is 0 Å². The Morgan fingerprint density at radius 3 is 2.38 bits per heavy atom. The van der Waals surface area contributed by atoms with Gasteiger partial charge in [-0.3, -0.25) is 9.59 Å². The molecule has 0 atom stereocenters. The van der Waals surface area contributed by atoms with E-state index in [1.165, 1.54) is 0 Å². The van der Waals surface area contributed by atoms with Gasteiger partial charge in [0.25, 0.3) is 5.91 Å². The highest BCUT2D eigenvalue weighted by molar-refractivity contribution is 6.42. The fraction of sp³-hybridized carbons (Fsp3) is 0.143. The minimum Gasteiger partial charge on any atom is -0.451 e. The Balaban J connectivity index is 1.76. The monoisotopic (exact) mass is 450 g/mol. The van der Waals surface area contributed by atoms with Crippen molar-refractivity contribution in [1.29, 1.82) is 0 Å². The van der Waals surface area contributed by atoms with Crippen LogP contribution in [0.2, 0.25) is 15.1 Å². The zero-order valence-corrected chi connectivity index (χ0v) is 17.7. The lowest BCUT2D eigenvalue weighted by molar-refractivity contribution is -0.116. The van der Waals surface area contributed by atoms with E-state index in [4.69, 9.17) is 39.2 Å². The molecule has 0 aliphatic heterocycles. The van der Waals surface area contributed by atoms with Gasteiger partial charge < -0.3 is 15.1 Å². The van der Waals surface area contributed by atoms with E-state index in [-0.39, 0.29) is 11.7 Å². The van der Waals surface area contributed by atoms with Crippen LogP contribution >= 0.6 is 34.8 Å². The number of benzene rings is 2. The molecule has 5 nitrogen and oxygen atoms in total. The van der Waals surface area contributed by atoms with Crippen molar-refractivity contribution in [3.63, 3.8) is 0 Å². The lowest BCUT2D eigenvalue weighted by atomic mass is 10.2. The van der Waals surface area contributed by atoms with Crippen LogP contribution in [0, 0.1) is 0 Å². The zero-order chi connectivity index (χ0) is 21.0. The number of carbonyl (C=O) groups excluding carboxylic acids is 2. The predicted molar refractivity (Wildman–Crippen MR) is 117 cm³/mol. The number of amides is 2. The largest absolute Gasteiger partial charge is 0.451 e. The molecule has 150 valence electrons. The number of halogens is 3. The van der Waals surface area contributed by atoms with Gasteiger partial charge in [0.05, 0.1) is 20.8 Å². The van der Waals surface area contributed by atoms with Crippen molar-refractivity contribution in [1.82, 2.24) is 0 Å². The van der Waals surface area contributed by atoms with Crippen molar-refractivity contribution < 1.29 is 14.0 Å². The summed E-state index contributed by atoms with van der Waals surface area (Å²) in [5.41, 5.74) is 1.59. The van der Waals surface area contributed by atoms with Crippen molar-refractivity contribution in [3.05, 3.63) is 69.4 Å². The summed E-state index contributed by atoms with van der Waals surface area (Å²) in [6.45, 7) is 1.92. The molecule has 0 spiro atoms. The van der Waals surface area contributed by atoms with E-state index in [0.29, 0.717) is 44.2 Å². The molecule has 1 aromatic heterocycles. The Bertz CT molecular complexity index is 1060. The second-order valence-corrected chi connectivity index (χ2v) is 7.46. The Morgan fingerprint density at radius 1 is 0.897 bits per heavy atom. The molecule has 3 aromatic rings. The van der Waals surface area contributed by atoms with Gasteiger partial charge in [0.15, 0.2) is 5.76 Å². The van der Waals surface area contributed by atoms with Crippen LogP contribution in [-0.2, 0) is 4.79 Å². The maximum atomic E-state index is 12.6. The van der Waals surface area contributed by atoms with E-state index in [1.807, 2.05) is 6.92 Å². The Kier molecular flexibility index (Phi) is 6.85. The van der Waals surface area contributed by atoms with Crippen LogP contribution in [-0.4, -0.2) is 11.8 Å². The average molecular weight is 452 g/mol. The highest BCUT2D eigenvalue weighted by Crippen LogP contribution is 2.30. The van der Waals surface area contributed by atoms with E-state index in [9.17, 15) is 9.59 Å². The number of carbonyl (C=O) groups is 2. The second kappa shape index (κ2) is 9.35. The Hall–Kier alpha value is -2.47. The summed E-state index contributed by atoms with van der Waals surface area (Å²) in [4.78, 5) is 24.3. The van der Waals surface area contributed by atoms with Gasteiger partial charge in [-0.15, -0.1) is 0 Å². The molecule has 0 saturated carbocycles. The molecule has 2 amide bonds. The lowest BCUT2D eigenvalue weighted by Gasteiger charge is -2.10. The van der Waals surface area contributed by atoms with Gasteiger partial charge in [-0.05, 0) is 55.0 Å². The molecule has 1 heterocycles. The van der Waals surface area contributed by atoms with Gasteiger partial charge in [-0.1, -0.05) is 41.7 Å². The molecule has 2 aromatic carbocycles. The molecule has 2 N–H and O–H groups in total. The molecular weight excluding hydrogens is 435 g/mol. The first-order valence-corrected chi connectivity index (χ1v) is 9.96. The minimum absolute atomic E-state index is 0.0996. The summed E-state index contributed by atoms with van der Waals surface area (Å²) in [7, 11) is 0. The van der Waals surface area contributed by atoms with Crippen LogP contribution in [0.3, 0.4) is 0 Å². The average Bonchev–Trinajstić information content (AvgIpc) is 3.17. The summed E-state index contributed by atoms with van der Waals surface area (Å²) >= 11 is 18.1. The number of hydrogen-bond acceptors (Lipinski definition) is 3. The van der Waals surface area contributed by atoms with E-state index in [0.717, 1.165) is 6.42 Å².